The lowest BCUT2D eigenvalue weighted by Crippen LogP contribution is -2.03. The number of aliphatic hydroxyl groups excluding tert-OH is 1. The minimum absolute atomic E-state index is 0.0787. The van der Waals surface area contributed by atoms with E-state index in [9.17, 15) is 25.0 Å². The van der Waals surface area contributed by atoms with Crippen molar-refractivity contribution in [2.75, 3.05) is 0 Å². The van der Waals surface area contributed by atoms with Crippen LogP contribution < -0.4 is 0 Å². The molecular formula is C10H10N2O6S. The third-order valence-electron chi connectivity index (χ3n) is 2.26. The number of nitrogens with zero attached hydrogens (tertiary/aromatic N) is 2. The third kappa shape index (κ3) is 3.73. The first-order chi connectivity index (χ1) is 8.86. The highest BCUT2D eigenvalue weighted by Gasteiger charge is 2.26. The second-order valence-corrected chi connectivity index (χ2v) is 4.72. The van der Waals surface area contributed by atoms with Crippen LogP contribution in [0, 0.1) is 20.2 Å². The van der Waals surface area contributed by atoms with Crippen LogP contribution in [-0.2, 0) is 17.2 Å². The lowest BCUT2D eigenvalue weighted by atomic mass is 10.1. The number of hydrogen-bond acceptors (Lipinski definition) is 7. The molecule has 1 N–H and O–H groups in total. The van der Waals surface area contributed by atoms with Gasteiger partial charge in [-0.25, -0.2) is 0 Å². The Balaban J connectivity index is 3.40. The van der Waals surface area contributed by atoms with Gasteiger partial charge in [-0.1, -0.05) is 11.8 Å². The van der Waals surface area contributed by atoms with E-state index in [1.54, 1.807) is 0 Å². The van der Waals surface area contributed by atoms with Crippen LogP contribution in [0.25, 0.3) is 0 Å². The Bertz CT molecular complexity index is 510. The largest absolute Gasteiger partial charge is 0.392 e. The van der Waals surface area contributed by atoms with Crippen molar-refractivity contribution in [3.05, 3.63) is 43.5 Å². The molecule has 1 rings (SSSR count). The van der Waals surface area contributed by atoms with Gasteiger partial charge in [0.2, 0.25) is 0 Å². The zero-order chi connectivity index (χ0) is 14.6. The normalized spacial score (nSPS) is 10.2. The molecule has 0 heterocycles. The highest BCUT2D eigenvalue weighted by Crippen LogP contribution is 2.33. The Labute approximate surface area is 111 Å². The molecule has 0 spiro atoms. The predicted octanol–water partition coefficient (Wildman–Crippen LogP) is 1.77. The van der Waals surface area contributed by atoms with Gasteiger partial charge in [0, 0.05) is 24.8 Å². The standard InChI is InChI=1S/C10H10N2O6S/c1-6(14)19-5-8-9(11(15)16)2-7(4-13)3-10(8)12(17)18/h2-3,13H,4-5H2,1H3. The van der Waals surface area contributed by atoms with Crippen LogP contribution in [0.5, 0.6) is 0 Å². The van der Waals surface area contributed by atoms with E-state index in [4.69, 9.17) is 5.11 Å². The Morgan fingerprint density at radius 2 is 1.74 bits per heavy atom. The number of carbonyl (C=O) groups excluding carboxylic acids is 1. The summed E-state index contributed by atoms with van der Waals surface area (Å²) in [4.78, 5) is 31.2. The number of nitro benzene ring substituents is 2. The summed E-state index contributed by atoms with van der Waals surface area (Å²) in [5, 5.41) is 30.5. The highest BCUT2D eigenvalue weighted by molar-refractivity contribution is 8.12. The Kier molecular flexibility index (Phi) is 4.95. The van der Waals surface area contributed by atoms with E-state index >= 15 is 0 Å². The zero-order valence-electron chi connectivity index (χ0n) is 9.86. The maximum atomic E-state index is 10.9. The third-order valence-corrected chi connectivity index (χ3v) is 3.10. The summed E-state index contributed by atoms with van der Waals surface area (Å²) in [5.74, 6) is -0.159. The SMILES string of the molecule is CC(=O)SCc1c([N+](=O)[O-])cc(CO)cc1[N+](=O)[O-]. The summed E-state index contributed by atoms with van der Waals surface area (Å²) >= 11 is 0.751. The van der Waals surface area contributed by atoms with Gasteiger partial charge in [0.05, 0.1) is 16.5 Å². The van der Waals surface area contributed by atoms with Crippen LogP contribution in [0.3, 0.4) is 0 Å². The van der Waals surface area contributed by atoms with E-state index in [-0.39, 0.29) is 22.0 Å². The molecule has 0 unspecified atom stereocenters. The quantitative estimate of drug-likeness (QED) is 0.646. The molecule has 1 aromatic carbocycles. The van der Waals surface area contributed by atoms with E-state index in [0.29, 0.717) is 0 Å². The van der Waals surface area contributed by atoms with Crippen molar-refractivity contribution in [1.29, 1.82) is 0 Å². The van der Waals surface area contributed by atoms with Crippen LogP contribution >= 0.6 is 11.8 Å². The van der Waals surface area contributed by atoms with E-state index in [0.717, 1.165) is 23.9 Å². The van der Waals surface area contributed by atoms with Crippen molar-refractivity contribution in [3.63, 3.8) is 0 Å². The molecule has 0 saturated heterocycles. The number of rotatable bonds is 5. The smallest absolute Gasteiger partial charge is 0.280 e. The first-order valence-electron chi connectivity index (χ1n) is 5.05. The Hall–Kier alpha value is -2.00. The Morgan fingerprint density at radius 3 is 2.05 bits per heavy atom. The summed E-state index contributed by atoms with van der Waals surface area (Å²) in [7, 11) is 0. The van der Waals surface area contributed by atoms with Gasteiger partial charge in [0.15, 0.2) is 5.12 Å². The molecule has 0 aromatic heterocycles. The monoisotopic (exact) mass is 286 g/mol. The first-order valence-corrected chi connectivity index (χ1v) is 6.04. The van der Waals surface area contributed by atoms with Crippen LogP contribution in [0.2, 0.25) is 0 Å². The van der Waals surface area contributed by atoms with Crippen LogP contribution in [0.15, 0.2) is 12.1 Å². The van der Waals surface area contributed by atoms with Crippen LogP contribution in [-0.4, -0.2) is 20.1 Å². The van der Waals surface area contributed by atoms with Gasteiger partial charge < -0.3 is 5.11 Å². The van der Waals surface area contributed by atoms with Crippen molar-refractivity contribution in [2.45, 2.75) is 19.3 Å². The maximum absolute atomic E-state index is 10.9. The molecule has 0 atom stereocenters. The molecule has 0 radical (unpaired) electrons. The molecular weight excluding hydrogens is 276 g/mol. The highest BCUT2D eigenvalue weighted by atomic mass is 32.2. The lowest BCUT2D eigenvalue weighted by molar-refractivity contribution is -0.395. The van der Waals surface area contributed by atoms with Crippen molar-refractivity contribution in [3.8, 4) is 0 Å². The fraction of sp³-hybridized carbons (Fsp3) is 0.300. The average Bonchev–Trinajstić information content (AvgIpc) is 2.34. The van der Waals surface area contributed by atoms with Crippen molar-refractivity contribution in [1.82, 2.24) is 0 Å². The molecule has 19 heavy (non-hydrogen) atoms. The second kappa shape index (κ2) is 6.25. The van der Waals surface area contributed by atoms with Crippen molar-refractivity contribution >= 4 is 28.3 Å². The number of thioether (sulfide) groups is 1. The molecule has 0 aliphatic rings. The van der Waals surface area contributed by atoms with Crippen LogP contribution in [0.1, 0.15) is 18.1 Å². The summed E-state index contributed by atoms with van der Waals surface area (Å²) in [6.07, 6.45) is 0. The van der Waals surface area contributed by atoms with Gasteiger partial charge in [0.25, 0.3) is 11.4 Å². The van der Waals surface area contributed by atoms with E-state index in [2.05, 4.69) is 0 Å². The maximum Gasteiger partial charge on any atom is 0.280 e. The minimum atomic E-state index is -0.762. The first kappa shape index (κ1) is 15.1. The van der Waals surface area contributed by atoms with Gasteiger partial charge in [0.1, 0.15) is 5.56 Å². The van der Waals surface area contributed by atoms with Gasteiger partial charge in [-0.05, 0) is 5.56 Å². The summed E-state index contributed by atoms with van der Waals surface area (Å²) in [6, 6.07) is 2.14. The van der Waals surface area contributed by atoms with Crippen LogP contribution in [0.4, 0.5) is 11.4 Å². The minimum Gasteiger partial charge on any atom is -0.392 e. The molecule has 102 valence electrons. The number of hydrogen-bond donors (Lipinski definition) is 1. The van der Waals surface area contributed by atoms with E-state index in [1.807, 2.05) is 0 Å². The Morgan fingerprint density at radius 1 is 1.26 bits per heavy atom. The van der Waals surface area contributed by atoms with E-state index in [1.165, 1.54) is 6.92 Å². The summed E-state index contributed by atoms with van der Waals surface area (Å²) < 4.78 is 0. The zero-order valence-corrected chi connectivity index (χ0v) is 10.7. The van der Waals surface area contributed by atoms with Gasteiger partial charge in [-0.2, -0.15) is 0 Å². The van der Waals surface area contributed by atoms with E-state index < -0.39 is 27.8 Å². The molecule has 0 aliphatic carbocycles. The summed E-state index contributed by atoms with van der Waals surface area (Å²) in [5.41, 5.74) is -0.985. The number of benzene rings is 1. The average molecular weight is 286 g/mol. The molecule has 0 amide bonds. The van der Waals surface area contributed by atoms with Crippen molar-refractivity contribution in [2.24, 2.45) is 0 Å². The van der Waals surface area contributed by atoms with Gasteiger partial charge >= 0.3 is 0 Å². The van der Waals surface area contributed by atoms with Gasteiger partial charge in [-0.3, -0.25) is 25.0 Å². The topological polar surface area (TPSA) is 124 Å². The number of nitro groups is 2. The van der Waals surface area contributed by atoms with Gasteiger partial charge in [-0.15, -0.1) is 0 Å². The molecule has 0 saturated carbocycles. The summed E-state index contributed by atoms with van der Waals surface area (Å²) in [6.45, 7) is 0.728. The molecule has 1 aromatic rings. The number of aliphatic hydroxyl groups is 1. The molecule has 0 aliphatic heterocycles. The fourth-order valence-corrected chi connectivity index (χ4v) is 2.08. The van der Waals surface area contributed by atoms with Crippen molar-refractivity contribution < 1.29 is 19.7 Å². The molecule has 8 nitrogen and oxygen atoms in total. The number of carbonyl (C=O) groups is 1. The second-order valence-electron chi connectivity index (χ2n) is 3.57. The predicted molar refractivity (Wildman–Crippen MR) is 67.6 cm³/mol. The lowest BCUT2D eigenvalue weighted by Gasteiger charge is -2.05. The molecule has 0 bridgehead atoms. The fourth-order valence-electron chi connectivity index (χ4n) is 1.44. The molecule has 0 fully saturated rings. The molecule has 9 heteroatoms.